The maximum Gasteiger partial charge on any atom is 0.287 e. The normalized spacial score (nSPS) is 14.9. The van der Waals surface area contributed by atoms with Crippen LogP contribution < -0.4 is 10.6 Å². The number of sulfonamides is 1. The lowest BCUT2D eigenvalue weighted by molar-refractivity contribution is 0.476. The fourth-order valence-corrected chi connectivity index (χ4v) is 3.46. The summed E-state index contributed by atoms with van der Waals surface area (Å²) in [5.74, 6) is -0.402. The van der Waals surface area contributed by atoms with Crippen LogP contribution in [-0.2, 0) is 10.0 Å². The molecular weight excluding hydrogens is 340 g/mol. The highest BCUT2D eigenvalue weighted by Crippen LogP contribution is 2.37. The summed E-state index contributed by atoms with van der Waals surface area (Å²) < 4.78 is 28.0. The molecule has 0 amide bonds. The van der Waals surface area contributed by atoms with Gasteiger partial charge in [-0.25, -0.2) is 0 Å². The van der Waals surface area contributed by atoms with E-state index in [4.69, 9.17) is 16.9 Å². The Kier molecular flexibility index (Phi) is 3.60. The van der Waals surface area contributed by atoms with E-state index in [2.05, 4.69) is 15.0 Å². The van der Waals surface area contributed by atoms with Crippen LogP contribution in [0.4, 0.5) is 11.4 Å². The molecule has 1 aliphatic rings. The highest BCUT2D eigenvalue weighted by Gasteiger charge is 2.28. The standard InChI is InChI=1S/C14H9ClN4O3S/c15-9-5-11(20)13-12(6-9)23(21,22)19-14(18-13)17-10-3-1-2-8(4-10)7-16/h1-6,20H,(H2,17,18,19). The van der Waals surface area contributed by atoms with Gasteiger partial charge in [0.2, 0.25) is 5.96 Å². The van der Waals surface area contributed by atoms with Crippen molar-refractivity contribution < 1.29 is 13.5 Å². The van der Waals surface area contributed by atoms with Gasteiger partial charge in [-0.15, -0.1) is 4.40 Å². The van der Waals surface area contributed by atoms with Gasteiger partial charge in [0.15, 0.2) is 0 Å². The van der Waals surface area contributed by atoms with Crippen LogP contribution in [-0.4, -0.2) is 19.5 Å². The summed E-state index contributed by atoms with van der Waals surface area (Å²) >= 11 is 5.76. The highest BCUT2D eigenvalue weighted by atomic mass is 35.5. The number of nitriles is 1. The second-order valence-electron chi connectivity index (χ2n) is 4.66. The number of guanidine groups is 1. The number of rotatable bonds is 1. The van der Waals surface area contributed by atoms with Crippen molar-refractivity contribution in [1.29, 1.82) is 5.26 Å². The van der Waals surface area contributed by atoms with Crippen molar-refractivity contribution in [2.45, 2.75) is 4.90 Å². The molecule has 0 atom stereocenters. The van der Waals surface area contributed by atoms with Gasteiger partial charge in [-0.2, -0.15) is 13.7 Å². The van der Waals surface area contributed by atoms with Gasteiger partial charge in [0.25, 0.3) is 10.0 Å². The zero-order chi connectivity index (χ0) is 16.6. The summed E-state index contributed by atoms with van der Waals surface area (Å²) in [4.78, 5) is -0.209. The van der Waals surface area contributed by atoms with Gasteiger partial charge in [-0.1, -0.05) is 17.7 Å². The molecule has 3 rings (SSSR count). The minimum Gasteiger partial charge on any atom is -0.506 e. The molecule has 0 aromatic heterocycles. The van der Waals surface area contributed by atoms with Crippen LogP contribution in [0.1, 0.15) is 5.56 Å². The number of phenols is 1. The summed E-state index contributed by atoms with van der Waals surface area (Å²) in [6.07, 6.45) is 0. The smallest absolute Gasteiger partial charge is 0.287 e. The van der Waals surface area contributed by atoms with Gasteiger partial charge in [-0.05, 0) is 24.3 Å². The number of fused-ring (bicyclic) bond motifs is 1. The molecule has 1 aliphatic heterocycles. The molecule has 116 valence electrons. The molecule has 9 heteroatoms. The second kappa shape index (κ2) is 5.46. The highest BCUT2D eigenvalue weighted by molar-refractivity contribution is 7.90. The first kappa shape index (κ1) is 15.1. The summed E-state index contributed by atoms with van der Waals surface area (Å²) in [6, 6.07) is 10.8. The van der Waals surface area contributed by atoms with Gasteiger partial charge in [0.05, 0.1) is 11.6 Å². The molecular formula is C14H9ClN4O3S. The average Bonchev–Trinajstić information content (AvgIpc) is 2.48. The molecule has 0 radical (unpaired) electrons. The van der Waals surface area contributed by atoms with E-state index >= 15 is 0 Å². The molecule has 0 unspecified atom stereocenters. The fraction of sp³-hybridized carbons (Fsp3) is 0. The summed E-state index contributed by atoms with van der Waals surface area (Å²) in [5.41, 5.74) is 0.870. The third kappa shape index (κ3) is 2.92. The maximum absolute atomic E-state index is 12.2. The maximum atomic E-state index is 12.2. The predicted octanol–water partition coefficient (Wildman–Crippen LogP) is 2.50. The van der Waals surface area contributed by atoms with E-state index < -0.39 is 10.0 Å². The monoisotopic (exact) mass is 348 g/mol. The molecule has 3 N–H and O–H groups in total. The van der Waals surface area contributed by atoms with Gasteiger partial charge >= 0.3 is 0 Å². The number of phenolic OH excluding ortho intramolecular Hbond substituents is 1. The Labute approximate surface area is 136 Å². The predicted molar refractivity (Wildman–Crippen MR) is 86.1 cm³/mol. The Bertz CT molecular complexity index is 980. The number of anilines is 2. The Morgan fingerprint density at radius 3 is 2.83 bits per heavy atom. The largest absolute Gasteiger partial charge is 0.506 e. The second-order valence-corrected chi connectivity index (χ2v) is 6.66. The molecule has 0 spiro atoms. The first-order chi connectivity index (χ1) is 10.9. The Morgan fingerprint density at radius 1 is 1.30 bits per heavy atom. The van der Waals surface area contributed by atoms with E-state index in [1.165, 1.54) is 18.2 Å². The van der Waals surface area contributed by atoms with Crippen LogP contribution >= 0.6 is 11.6 Å². The number of benzene rings is 2. The number of nitrogens with zero attached hydrogens (tertiary/aromatic N) is 2. The van der Waals surface area contributed by atoms with E-state index in [9.17, 15) is 13.5 Å². The van der Waals surface area contributed by atoms with E-state index in [1.807, 2.05) is 6.07 Å². The van der Waals surface area contributed by atoms with Crippen LogP contribution in [0.2, 0.25) is 5.02 Å². The number of halogens is 1. The molecule has 0 saturated carbocycles. The topological polar surface area (TPSA) is 115 Å². The lowest BCUT2D eigenvalue weighted by Gasteiger charge is -2.20. The summed E-state index contributed by atoms with van der Waals surface area (Å²) in [7, 11) is -4.02. The van der Waals surface area contributed by atoms with Crippen LogP contribution in [0.25, 0.3) is 0 Å². The zero-order valence-electron chi connectivity index (χ0n) is 11.4. The first-order valence-electron chi connectivity index (χ1n) is 6.31. The van der Waals surface area contributed by atoms with Crippen LogP contribution in [0.3, 0.4) is 0 Å². The van der Waals surface area contributed by atoms with Gasteiger partial charge in [0, 0.05) is 16.8 Å². The first-order valence-corrected chi connectivity index (χ1v) is 8.12. The van der Waals surface area contributed by atoms with E-state index in [1.54, 1.807) is 18.2 Å². The minimum absolute atomic E-state index is 0.0108. The molecule has 0 saturated heterocycles. The number of hydrogen-bond donors (Lipinski definition) is 3. The van der Waals surface area contributed by atoms with Crippen LogP contribution in [0.15, 0.2) is 45.7 Å². The lowest BCUT2D eigenvalue weighted by Crippen LogP contribution is -2.28. The van der Waals surface area contributed by atoms with E-state index in [0.717, 1.165) is 0 Å². The van der Waals surface area contributed by atoms with E-state index in [0.29, 0.717) is 11.3 Å². The molecule has 23 heavy (non-hydrogen) atoms. The number of aromatic hydroxyl groups is 1. The van der Waals surface area contributed by atoms with Gasteiger partial charge < -0.3 is 15.7 Å². The zero-order valence-corrected chi connectivity index (χ0v) is 13.0. The van der Waals surface area contributed by atoms with Gasteiger partial charge in [-0.3, -0.25) is 0 Å². The van der Waals surface area contributed by atoms with Crippen molar-refractivity contribution in [3.8, 4) is 11.8 Å². The summed E-state index contributed by atoms with van der Waals surface area (Å²) in [5, 5.41) is 24.3. The molecule has 0 bridgehead atoms. The third-order valence-electron chi connectivity index (χ3n) is 3.03. The molecule has 2 aromatic carbocycles. The fourth-order valence-electron chi connectivity index (χ4n) is 2.07. The van der Waals surface area contributed by atoms with Crippen molar-refractivity contribution in [3.63, 3.8) is 0 Å². The quantitative estimate of drug-likeness (QED) is 0.682. The molecule has 1 heterocycles. The van der Waals surface area contributed by atoms with Crippen molar-refractivity contribution in [2.24, 2.45) is 4.40 Å². The molecule has 0 aliphatic carbocycles. The Hall–Kier alpha value is -2.76. The van der Waals surface area contributed by atoms with Crippen molar-refractivity contribution in [3.05, 3.63) is 47.0 Å². The van der Waals surface area contributed by atoms with Gasteiger partial charge in [0.1, 0.15) is 16.3 Å². The SMILES string of the molecule is N#Cc1cccc(NC2=NS(=O)(=O)c3cc(Cl)cc(O)c3N2)c1. The molecule has 0 fully saturated rings. The van der Waals surface area contributed by atoms with Crippen LogP contribution in [0, 0.1) is 11.3 Å². The van der Waals surface area contributed by atoms with Crippen LogP contribution in [0.5, 0.6) is 5.75 Å². The average molecular weight is 349 g/mol. The van der Waals surface area contributed by atoms with Crippen molar-refractivity contribution in [2.75, 3.05) is 10.6 Å². The number of hydrogen-bond acceptors (Lipinski definition) is 6. The van der Waals surface area contributed by atoms with Crippen molar-refractivity contribution in [1.82, 2.24) is 0 Å². The summed E-state index contributed by atoms with van der Waals surface area (Å²) in [6.45, 7) is 0. The van der Waals surface area contributed by atoms with Crippen molar-refractivity contribution >= 4 is 39.0 Å². The Balaban J connectivity index is 2.01. The minimum atomic E-state index is -4.02. The lowest BCUT2D eigenvalue weighted by atomic mass is 10.2. The Morgan fingerprint density at radius 2 is 2.09 bits per heavy atom. The third-order valence-corrected chi connectivity index (χ3v) is 4.55. The van der Waals surface area contributed by atoms with E-state index in [-0.39, 0.29) is 27.3 Å². The number of nitrogens with one attached hydrogen (secondary N) is 2. The molecule has 2 aromatic rings. The molecule has 7 nitrogen and oxygen atoms in total.